The molecule has 3 rings (SSSR count). The number of para-hydroxylation sites is 1. The summed E-state index contributed by atoms with van der Waals surface area (Å²) in [7, 11) is 1.46. The molecule has 0 unspecified atom stereocenters. The van der Waals surface area contributed by atoms with Crippen molar-refractivity contribution >= 4 is 45.6 Å². The minimum Gasteiger partial charge on any atom is -0.493 e. The van der Waals surface area contributed by atoms with Gasteiger partial charge < -0.3 is 19.5 Å². The van der Waals surface area contributed by atoms with Gasteiger partial charge in [0.25, 0.3) is 5.91 Å². The second kappa shape index (κ2) is 9.45. The third-order valence-electron chi connectivity index (χ3n) is 4.13. The van der Waals surface area contributed by atoms with Crippen LogP contribution >= 0.6 is 15.9 Å². The van der Waals surface area contributed by atoms with E-state index in [1.165, 1.54) is 13.2 Å². The van der Waals surface area contributed by atoms with Crippen LogP contribution in [0.2, 0.25) is 0 Å². The lowest BCUT2D eigenvalue weighted by Gasteiger charge is -2.13. The summed E-state index contributed by atoms with van der Waals surface area (Å²) in [6.07, 6.45) is 1.53. The van der Waals surface area contributed by atoms with Crippen LogP contribution in [0.4, 0.5) is 10.5 Å². The fraction of sp³-hybridized carbons (Fsp3) is 0.190. The summed E-state index contributed by atoms with van der Waals surface area (Å²) >= 11 is 3.42. The van der Waals surface area contributed by atoms with E-state index in [1.54, 1.807) is 49.4 Å². The fourth-order valence-corrected chi connectivity index (χ4v) is 3.21. The zero-order chi connectivity index (χ0) is 21.7. The van der Waals surface area contributed by atoms with Crippen LogP contribution in [0.3, 0.4) is 0 Å². The molecular formula is C21H19BrN2O6. The van der Waals surface area contributed by atoms with Gasteiger partial charge in [-0.15, -0.1) is 0 Å². The van der Waals surface area contributed by atoms with Crippen molar-refractivity contribution in [3.8, 4) is 11.5 Å². The molecule has 30 heavy (non-hydrogen) atoms. The number of methoxy groups -OCH3 is 1. The Morgan fingerprint density at radius 3 is 2.57 bits per heavy atom. The van der Waals surface area contributed by atoms with Gasteiger partial charge in [-0.05, 0) is 42.8 Å². The first-order chi connectivity index (χ1) is 14.4. The summed E-state index contributed by atoms with van der Waals surface area (Å²) < 4.78 is 16.2. The van der Waals surface area contributed by atoms with Gasteiger partial charge in [0.05, 0.1) is 19.4 Å². The van der Waals surface area contributed by atoms with Crippen LogP contribution in [0, 0.1) is 0 Å². The Labute approximate surface area is 181 Å². The number of urea groups is 1. The molecular weight excluding hydrogens is 456 g/mol. The van der Waals surface area contributed by atoms with Gasteiger partial charge in [-0.25, -0.2) is 14.5 Å². The minimum absolute atomic E-state index is 0.117. The van der Waals surface area contributed by atoms with Gasteiger partial charge >= 0.3 is 12.0 Å². The number of rotatable bonds is 7. The molecule has 1 heterocycles. The van der Waals surface area contributed by atoms with Crippen LogP contribution in [0.5, 0.6) is 11.5 Å². The molecule has 3 amide bonds. The smallest absolute Gasteiger partial charge is 0.344 e. The molecule has 1 aliphatic rings. The van der Waals surface area contributed by atoms with Crippen molar-refractivity contribution in [2.75, 3.05) is 25.2 Å². The number of anilines is 1. The van der Waals surface area contributed by atoms with Gasteiger partial charge in [-0.3, -0.25) is 4.79 Å². The Bertz CT molecular complexity index is 1010. The quantitative estimate of drug-likeness (QED) is 0.375. The number of amides is 3. The van der Waals surface area contributed by atoms with Gasteiger partial charge in [0, 0.05) is 4.47 Å². The lowest BCUT2D eigenvalue weighted by molar-refractivity contribution is -0.145. The molecule has 2 aromatic rings. The van der Waals surface area contributed by atoms with Crippen molar-refractivity contribution in [2.24, 2.45) is 0 Å². The van der Waals surface area contributed by atoms with Crippen LogP contribution in [0.15, 0.2) is 52.6 Å². The second-order valence-corrected chi connectivity index (χ2v) is 6.94. The largest absolute Gasteiger partial charge is 0.493 e. The predicted molar refractivity (Wildman–Crippen MR) is 113 cm³/mol. The maximum absolute atomic E-state index is 12.7. The second-order valence-electron chi connectivity index (χ2n) is 6.08. The normalized spacial score (nSPS) is 14.6. The molecule has 156 valence electrons. The maximum atomic E-state index is 12.7. The molecule has 0 aliphatic carbocycles. The van der Waals surface area contributed by atoms with E-state index in [2.05, 4.69) is 21.2 Å². The van der Waals surface area contributed by atoms with E-state index in [-0.39, 0.29) is 18.9 Å². The van der Waals surface area contributed by atoms with Gasteiger partial charge in [-0.2, -0.15) is 0 Å². The average Bonchev–Trinajstić information content (AvgIpc) is 3.01. The van der Waals surface area contributed by atoms with E-state index in [9.17, 15) is 14.4 Å². The summed E-state index contributed by atoms with van der Waals surface area (Å²) in [4.78, 5) is 37.6. The van der Waals surface area contributed by atoms with Crippen molar-refractivity contribution in [3.05, 3.63) is 58.2 Å². The standard InChI is InChI=1S/C21H19BrN2O6/c1-3-29-19(25)12-30-18-11-15(22)13(10-17(18)28-2)9-16-20(26)24(21(27)23-16)14-7-5-4-6-8-14/h4-11H,3,12H2,1-2H3,(H,23,27)/b16-9+. The first-order valence-corrected chi connectivity index (χ1v) is 9.82. The summed E-state index contributed by atoms with van der Waals surface area (Å²) in [5.74, 6) is -0.292. The fourth-order valence-electron chi connectivity index (χ4n) is 2.78. The lowest BCUT2D eigenvalue weighted by atomic mass is 10.1. The minimum atomic E-state index is -0.532. The van der Waals surface area contributed by atoms with Crippen molar-refractivity contribution in [1.29, 1.82) is 0 Å². The van der Waals surface area contributed by atoms with Gasteiger partial charge in [0.2, 0.25) is 0 Å². The number of hydrogen-bond acceptors (Lipinski definition) is 6. The van der Waals surface area contributed by atoms with Gasteiger partial charge in [0.15, 0.2) is 18.1 Å². The van der Waals surface area contributed by atoms with E-state index in [0.29, 0.717) is 27.2 Å². The number of benzene rings is 2. The number of hydrogen-bond donors (Lipinski definition) is 1. The molecule has 1 N–H and O–H groups in total. The Morgan fingerprint density at radius 2 is 1.90 bits per heavy atom. The van der Waals surface area contributed by atoms with Crippen LogP contribution in [0.1, 0.15) is 12.5 Å². The highest BCUT2D eigenvalue weighted by Gasteiger charge is 2.34. The summed E-state index contributed by atoms with van der Waals surface area (Å²) in [5, 5.41) is 2.58. The number of esters is 1. The molecule has 9 heteroatoms. The lowest BCUT2D eigenvalue weighted by Crippen LogP contribution is -2.30. The Hall–Kier alpha value is -3.33. The highest BCUT2D eigenvalue weighted by Crippen LogP contribution is 2.35. The summed E-state index contributed by atoms with van der Waals surface area (Å²) in [5.41, 5.74) is 1.17. The number of nitrogens with zero attached hydrogens (tertiary/aromatic N) is 1. The molecule has 0 aromatic heterocycles. The number of carbonyl (C=O) groups is 3. The molecule has 1 saturated heterocycles. The van der Waals surface area contributed by atoms with Crippen LogP contribution in [-0.2, 0) is 14.3 Å². The molecule has 0 saturated carbocycles. The molecule has 1 aliphatic heterocycles. The third kappa shape index (κ3) is 4.62. The van der Waals surface area contributed by atoms with Crippen molar-refractivity contribution in [3.63, 3.8) is 0 Å². The zero-order valence-electron chi connectivity index (χ0n) is 16.3. The van der Waals surface area contributed by atoms with Crippen molar-refractivity contribution in [2.45, 2.75) is 6.92 Å². The highest BCUT2D eigenvalue weighted by atomic mass is 79.9. The molecule has 8 nitrogen and oxygen atoms in total. The first kappa shape index (κ1) is 21.4. The predicted octanol–water partition coefficient (Wildman–Crippen LogP) is 3.50. The number of carbonyl (C=O) groups excluding carboxylic acids is 3. The molecule has 0 bridgehead atoms. The van der Waals surface area contributed by atoms with Gasteiger partial charge in [0.1, 0.15) is 5.70 Å². The third-order valence-corrected chi connectivity index (χ3v) is 4.81. The van der Waals surface area contributed by atoms with Crippen LogP contribution < -0.4 is 19.7 Å². The van der Waals surface area contributed by atoms with Crippen LogP contribution in [-0.4, -0.2) is 38.2 Å². The summed E-state index contributed by atoms with van der Waals surface area (Å²) in [6, 6.07) is 11.3. The highest BCUT2D eigenvalue weighted by molar-refractivity contribution is 9.10. The van der Waals surface area contributed by atoms with E-state index in [0.717, 1.165) is 4.90 Å². The average molecular weight is 475 g/mol. The monoisotopic (exact) mass is 474 g/mol. The topological polar surface area (TPSA) is 94.2 Å². The first-order valence-electron chi connectivity index (χ1n) is 9.02. The number of nitrogens with one attached hydrogen (secondary N) is 1. The zero-order valence-corrected chi connectivity index (χ0v) is 17.9. The van der Waals surface area contributed by atoms with E-state index >= 15 is 0 Å². The molecule has 0 spiro atoms. The molecule has 2 aromatic carbocycles. The Kier molecular flexibility index (Phi) is 6.73. The van der Waals surface area contributed by atoms with E-state index in [1.807, 2.05) is 0 Å². The number of imide groups is 1. The van der Waals surface area contributed by atoms with E-state index < -0.39 is 17.9 Å². The van der Waals surface area contributed by atoms with Gasteiger partial charge in [-0.1, -0.05) is 34.1 Å². The van der Waals surface area contributed by atoms with Crippen molar-refractivity contribution in [1.82, 2.24) is 5.32 Å². The van der Waals surface area contributed by atoms with E-state index in [4.69, 9.17) is 14.2 Å². The molecule has 0 atom stereocenters. The SMILES string of the molecule is CCOC(=O)COc1cc(Br)c(/C=C2/NC(=O)N(c3ccccc3)C2=O)cc1OC. The Morgan fingerprint density at radius 1 is 1.17 bits per heavy atom. The number of ether oxygens (including phenoxy) is 3. The van der Waals surface area contributed by atoms with Crippen LogP contribution in [0.25, 0.3) is 6.08 Å². The number of halogens is 1. The summed E-state index contributed by atoms with van der Waals surface area (Å²) in [6.45, 7) is 1.70. The maximum Gasteiger partial charge on any atom is 0.344 e. The Balaban J connectivity index is 1.85. The molecule has 0 radical (unpaired) electrons. The molecule has 1 fully saturated rings. The van der Waals surface area contributed by atoms with Crippen molar-refractivity contribution < 1.29 is 28.6 Å².